The van der Waals surface area contributed by atoms with E-state index in [0.29, 0.717) is 0 Å². The summed E-state index contributed by atoms with van der Waals surface area (Å²) in [4.78, 5) is 19.4. The first kappa shape index (κ1) is 32.3. The van der Waals surface area contributed by atoms with Crippen molar-refractivity contribution in [1.82, 2.24) is 29.7 Å². The van der Waals surface area contributed by atoms with E-state index in [4.69, 9.17) is 0 Å². The van der Waals surface area contributed by atoms with Crippen LogP contribution >= 0.6 is 67.8 Å². The van der Waals surface area contributed by atoms with Crippen molar-refractivity contribution in [3.05, 3.63) is 76.1 Å². The van der Waals surface area contributed by atoms with E-state index in [9.17, 15) is 0 Å². The molecule has 9 heteroatoms. The van der Waals surface area contributed by atoms with Crippen LogP contribution in [0.1, 0.15) is 36.0 Å². The minimum atomic E-state index is 1.05. The Morgan fingerprint density at radius 3 is 1.75 bits per heavy atom. The lowest BCUT2D eigenvalue weighted by Crippen LogP contribution is -2.38. The Labute approximate surface area is 323 Å². The molecule has 3 aliphatic rings. The van der Waals surface area contributed by atoms with E-state index >= 15 is 0 Å². The molecule has 6 heterocycles. The third-order valence-electron chi connectivity index (χ3n) is 11.2. The smallest absolute Gasteiger partial charge is 0.0815 e. The Kier molecular flexibility index (Phi) is 9.06. The molecule has 3 fully saturated rings. The van der Waals surface area contributed by atoms with Crippen molar-refractivity contribution in [3.8, 4) is 22.5 Å². The van der Waals surface area contributed by atoms with Crippen LogP contribution in [0.4, 0.5) is 0 Å². The van der Waals surface area contributed by atoms with Gasteiger partial charge in [-0.05, 0) is 180 Å². The molecule has 0 radical (unpaired) electrons. The maximum absolute atomic E-state index is 4.02. The fourth-order valence-electron chi connectivity index (χ4n) is 7.95. The van der Waals surface area contributed by atoms with Crippen LogP contribution in [0.25, 0.3) is 55.2 Å². The zero-order valence-corrected chi connectivity index (χ0v) is 33.7. The van der Waals surface area contributed by atoms with Crippen LogP contribution in [-0.4, -0.2) is 88.6 Å². The van der Waals surface area contributed by atoms with Crippen LogP contribution in [0.2, 0.25) is 0 Å². The van der Waals surface area contributed by atoms with Crippen LogP contribution < -0.4 is 0 Å². The van der Waals surface area contributed by atoms with Crippen molar-refractivity contribution in [2.24, 2.45) is 0 Å². The third kappa shape index (κ3) is 5.95. The van der Waals surface area contributed by atoms with Gasteiger partial charge in [-0.25, -0.2) is 0 Å². The highest BCUT2D eigenvalue weighted by atomic mass is 127. The van der Waals surface area contributed by atoms with Crippen molar-refractivity contribution in [1.29, 1.82) is 0 Å². The standard InChI is InChI=1S/C39H41I3N6/c40-25-5-7-26-29(10-19-46-13-1-14-46)37(43-34(26)23-25)32-9-8-28-30(11-20-47-15-2-16-47)36(45-38(28)35(32)41)24-4-6-27-31(12-21-48-17-3-18-48)39(42)44-33(27)22-24/h4-9,22-23,43-45H,1-3,10-21H2. The Morgan fingerprint density at radius 2 is 1.10 bits per heavy atom. The molecule has 3 aromatic heterocycles. The van der Waals surface area contributed by atoms with E-state index in [1.807, 2.05) is 0 Å². The molecular formula is C39H41I3N6. The molecule has 0 aliphatic carbocycles. The molecule has 3 N–H and O–H groups in total. The van der Waals surface area contributed by atoms with Crippen LogP contribution in [0.15, 0.2) is 48.5 Å². The van der Waals surface area contributed by atoms with Gasteiger partial charge in [0.15, 0.2) is 0 Å². The van der Waals surface area contributed by atoms with E-state index in [1.54, 1.807) is 0 Å². The van der Waals surface area contributed by atoms with Crippen LogP contribution in [0.3, 0.4) is 0 Å². The van der Waals surface area contributed by atoms with E-state index in [-0.39, 0.29) is 0 Å². The number of hydrogen-bond acceptors (Lipinski definition) is 3. The molecule has 9 rings (SSSR count). The SMILES string of the molecule is Ic1ccc2c(CCN3CCC3)c(-c3ccc4c(CCN5CCC5)c(-c5ccc6c(CCN7CCC7)c(I)[nH]c6c5)[nH]c4c3I)[nH]c2c1. The summed E-state index contributed by atoms with van der Waals surface area (Å²) in [5.41, 5.74) is 13.3. The molecule has 3 aromatic carbocycles. The number of benzene rings is 3. The van der Waals surface area contributed by atoms with Crippen molar-refractivity contribution in [2.75, 3.05) is 58.9 Å². The first-order chi connectivity index (χ1) is 23.5. The molecule has 248 valence electrons. The number of fused-ring (bicyclic) bond motifs is 3. The zero-order chi connectivity index (χ0) is 32.4. The number of H-pyrrole nitrogens is 3. The second-order valence-corrected chi connectivity index (χ2v) is 17.4. The van der Waals surface area contributed by atoms with E-state index < -0.39 is 0 Å². The minimum absolute atomic E-state index is 1.05. The van der Waals surface area contributed by atoms with Gasteiger partial charge in [-0.2, -0.15) is 0 Å². The number of hydrogen-bond donors (Lipinski definition) is 3. The second kappa shape index (κ2) is 13.5. The number of aromatic nitrogens is 3. The minimum Gasteiger partial charge on any atom is -0.354 e. The molecule has 0 unspecified atom stereocenters. The van der Waals surface area contributed by atoms with Crippen molar-refractivity contribution >= 4 is 100 Å². The maximum Gasteiger partial charge on any atom is 0.0815 e. The van der Waals surface area contributed by atoms with Crippen LogP contribution in [-0.2, 0) is 19.3 Å². The Hall–Kier alpha value is -1.65. The first-order valence-electron chi connectivity index (χ1n) is 17.6. The molecule has 0 saturated carbocycles. The number of aromatic amines is 3. The van der Waals surface area contributed by atoms with Crippen molar-refractivity contribution < 1.29 is 0 Å². The van der Waals surface area contributed by atoms with E-state index in [0.717, 1.165) is 38.9 Å². The largest absolute Gasteiger partial charge is 0.354 e. The summed E-state index contributed by atoms with van der Waals surface area (Å²) in [6, 6.07) is 18.8. The fourth-order valence-corrected chi connectivity index (χ4v) is 10.2. The second-order valence-electron chi connectivity index (χ2n) is 14.0. The predicted octanol–water partition coefficient (Wildman–Crippen LogP) is 9.02. The average Bonchev–Trinajstić information content (AvgIpc) is 3.66. The molecule has 0 atom stereocenters. The molecule has 0 amide bonds. The van der Waals surface area contributed by atoms with Crippen LogP contribution in [0, 0.1) is 10.8 Å². The summed E-state index contributed by atoms with van der Waals surface area (Å²) in [5.74, 6) is 0. The summed E-state index contributed by atoms with van der Waals surface area (Å²) >= 11 is 7.56. The molecule has 48 heavy (non-hydrogen) atoms. The third-order valence-corrected chi connectivity index (χ3v) is 13.9. The molecule has 0 spiro atoms. The molecule has 6 nitrogen and oxygen atoms in total. The van der Waals surface area contributed by atoms with Gasteiger partial charge < -0.3 is 29.7 Å². The van der Waals surface area contributed by atoms with E-state index in [1.165, 1.54) is 141 Å². The normalized spacial score (nSPS) is 17.4. The number of rotatable bonds is 11. The van der Waals surface area contributed by atoms with Gasteiger partial charge in [-0.15, -0.1) is 0 Å². The summed E-state index contributed by atoms with van der Waals surface area (Å²) in [7, 11) is 0. The van der Waals surface area contributed by atoms with Gasteiger partial charge in [-0.3, -0.25) is 0 Å². The van der Waals surface area contributed by atoms with E-state index in [2.05, 4.69) is 146 Å². The number of nitrogens with one attached hydrogen (secondary N) is 3. The van der Waals surface area contributed by atoms with Gasteiger partial charge in [-0.1, -0.05) is 30.3 Å². The first-order valence-corrected chi connectivity index (χ1v) is 20.8. The molecule has 3 aliphatic heterocycles. The Balaban J connectivity index is 1.13. The summed E-state index contributed by atoms with van der Waals surface area (Å²) < 4.78 is 3.86. The lowest BCUT2D eigenvalue weighted by atomic mass is 9.98. The number of halogens is 3. The highest BCUT2D eigenvalue weighted by Gasteiger charge is 2.24. The lowest BCUT2D eigenvalue weighted by Gasteiger charge is -2.30. The van der Waals surface area contributed by atoms with Gasteiger partial charge in [0.1, 0.15) is 0 Å². The van der Waals surface area contributed by atoms with Gasteiger partial charge >= 0.3 is 0 Å². The predicted molar refractivity (Wildman–Crippen MR) is 225 cm³/mol. The van der Waals surface area contributed by atoms with Gasteiger partial charge in [0.05, 0.1) is 14.9 Å². The van der Waals surface area contributed by atoms with Gasteiger partial charge in [0.2, 0.25) is 0 Å². The van der Waals surface area contributed by atoms with Gasteiger partial charge in [0.25, 0.3) is 0 Å². The highest BCUT2D eigenvalue weighted by molar-refractivity contribution is 14.1. The Morgan fingerprint density at radius 1 is 0.542 bits per heavy atom. The summed E-state index contributed by atoms with van der Waals surface area (Å²) in [6.45, 7) is 10.8. The quantitative estimate of drug-likeness (QED) is 0.114. The van der Waals surface area contributed by atoms with Gasteiger partial charge in [0, 0.05) is 70.8 Å². The topological polar surface area (TPSA) is 57.1 Å². The number of likely N-dealkylation sites (tertiary alicyclic amines) is 3. The summed E-state index contributed by atoms with van der Waals surface area (Å²) in [6.07, 6.45) is 7.24. The highest BCUT2D eigenvalue weighted by Crippen LogP contribution is 2.41. The summed E-state index contributed by atoms with van der Waals surface area (Å²) in [5, 5.41) is 4.10. The van der Waals surface area contributed by atoms with Crippen molar-refractivity contribution in [2.45, 2.75) is 38.5 Å². The molecule has 3 saturated heterocycles. The molecular weight excluding hydrogens is 933 g/mol. The van der Waals surface area contributed by atoms with Crippen LogP contribution in [0.5, 0.6) is 0 Å². The fraction of sp³-hybridized carbons (Fsp3) is 0.385. The Bertz CT molecular complexity index is 2150. The molecule has 6 aromatic rings. The maximum atomic E-state index is 4.02. The number of nitrogens with zero attached hydrogens (tertiary/aromatic N) is 3. The monoisotopic (exact) mass is 974 g/mol. The lowest BCUT2D eigenvalue weighted by molar-refractivity contribution is 0.184. The average molecular weight is 975 g/mol. The molecule has 0 bridgehead atoms. The zero-order valence-electron chi connectivity index (χ0n) is 27.2. The van der Waals surface area contributed by atoms with Crippen molar-refractivity contribution in [3.63, 3.8) is 0 Å².